The number of para-hydroxylation sites is 1. The predicted octanol–water partition coefficient (Wildman–Crippen LogP) is 2.30. The number of hydrogen-bond donors (Lipinski definition) is 2. The normalized spacial score (nSPS) is 21.5. The lowest BCUT2D eigenvalue weighted by molar-refractivity contribution is -0.0312. The molecule has 238 valence electrons. The molecule has 6 rings (SSSR count). The van der Waals surface area contributed by atoms with Crippen LogP contribution in [0.1, 0.15) is 39.0 Å². The van der Waals surface area contributed by atoms with E-state index in [1.165, 1.54) is 16.6 Å². The maximum atomic E-state index is 13.6. The number of nitrogens with zero attached hydrogens (tertiary/aromatic N) is 2. The summed E-state index contributed by atoms with van der Waals surface area (Å²) in [7, 11) is -7.31. The Balaban J connectivity index is 1.01. The van der Waals surface area contributed by atoms with Gasteiger partial charge < -0.3 is 24.5 Å². The first kappa shape index (κ1) is 31.2. The van der Waals surface area contributed by atoms with Crippen LogP contribution in [-0.4, -0.2) is 86.7 Å². The SMILES string of the molecule is CCn1cc(S(=O)(=O)N2CCC3(CC2)C[C@@H](NCC(O)COc2cccc(S(=O)(=O)C4CC4)c2)CO3)c(=O)c2ccccc21. The molecule has 13 heteroatoms. The fourth-order valence-corrected chi connectivity index (χ4v) is 9.46. The van der Waals surface area contributed by atoms with Gasteiger partial charge in [0.1, 0.15) is 23.4 Å². The number of sulfone groups is 1. The molecule has 2 aliphatic heterocycles. The van der Waals surface area contributed by atoms with Gasteiger partial charge in [0.05, 0.1) is 27.9 Å². The molecule has 1 aromatic heterocycles. The number of nitrogens with one attached hydrogen (secondary N) is 1. The van der Waals surface area contributed by atoms with Crippen molar-refractivity contribution >= 4 is 30.8 Å². The Labute approximate surface area is 257 Å². The number of piperidine rings is 1. The van der Waals surface area contributed by atoms with Crippen LogP contribution < -0.4 is 15.5 Å². The Morgan fingerprint density at radius 1 is 1.09 bits per heavy atom. The van der Waals surface area contributed by atoms with Gasteiger partial charge >= 0.3 is 0 Å². The van der Waals surface area contributed by atoms with E-state index < -0.39 is 37.0 Å². The maximum absolute atomic E-state index is 13.6. The molecule has 11 nitrogen and oxygen atoms in total. The Bertz CT molecular complexity index is 1800. The van der Waals surface area contributed by atoms with E-state index in [-0.39, 0.29) is 47.3 Å². The highest BCUT2D eigenvalue weighted by atomic mass is 32.2. The van der Waals surface area contributed by atoms with E-state index in [1.807, 2.05) is 19.1 Å². The lowest BCUT2D eigenvalue weighted by atomic mass is 9.88. The largest absolute Gasteiger partial charge is 0.491 e. The minimum atomic E-state index is -3.99. The molecule has 2 atom stereocenters. The van der Waals surface area contributed by atoms with E-state index in [9.17, 15) is 26.7 Å². The summed E-state index contributed by atoms with van der Waals surface area (Å²) in [5, 5.41) is 13.9. The molecule has 2 aromatic carbocycles. The van der Waals surface area contributed by atoms with Gasteiger partial charge in [0.25, 0.3) is 0 Å². The molecule has 0 bridgehead atoms. The third-order valence-electron chi connectivity index (χ3n) is 8.94. The van der Waals surface area contributed by atoms with Crippen molar-refractivity contribution in [2.45, 2.75) is 78.4 Å². The zero-order valence-electron chi connectivity index (χ0n) is 24.7. The standard InChI is InChI=1S/C31H39N3O8S2/c1-2-33-19-29(30(36)27-8-3-4-9-28(27)33)44(39,40)34-14-12-31(13-15-34)17-22(20-42-31)32-18-23(35)21-41-24-6-5-7-26(16-24)43(37,38)25-10-11-25/h3-9,16,19,22-23,25,32,35H,2,10-15,17-18,20-21H2,1H3/t22-,23?/m1/s1. The van der Waals surface area contributed by atoms with Crippen LogP contribution in [0.5, 0.6) is 5.75 Å². The van der Waals surface area contributed by atoms with Crippen molar-refractivity contribution in [2.24, 2.45) is 0 Å². The summed E-state index contributed by atoms with van der Waals surface area (Å²) in [4.78, 5) is 13.3. The number of aliphatic hydroxyl groups excluding tert-OH is 1. The third-order valence-corrected chi connectivity index (χ3v) is 13.1. The van der Waals surface area contributed by atoms with Crippen molar-refractivity contribution in [1.82, 2.24) is 14.2 Å². The zero-order valence-corrected chi connectivity index (χ0v) is 26.4. The van der Waals surface area contributed by atoms with Crippen LogP contribution in [0.3, 0.4) is 0 Å². The molecule has 3 aromatic rings. The summed E-state index contributed by atoms with van der Waals surface area (Å²) >= 11 is 0. The number of aliphatic hydroxyl groups is 1. The zero-order chi connectivity index (χ0) is 31.1. The summed E-state index contributed by atoms with van der Waals surface area (Å²) in [6.07, 6.45) is 3.70. The number of fused-ring (bicyclic) bond motifs is 1. The van der Waals surface area contributed by atoms with Crippen LogP contribution in [0.2, 0.25) is 0 Å². The summed E-state index contributed by atoms with van der Waals surface area (Å²) in [6, 6.07) is 13.4. The average molecular weight is 646 g/mol. The highest BCUT2D eigenvalue weighted by Gasteiger charge is 2.45. The number of hydrogen-bond acceptors (Lipinski definition) is 9. The van der Waals surface area contributed by atoms with Crippen LogP contribution >= 0.6 is 0 Å². The quantitative estimate of drug-likeness (QED) is 0.321. The number of sulfonamides is 1. The fourth-order valence-electron chi connectivity index (χ4n) is 6.23. The highest BCUT2D eigenvalue weighted by Crippen LogP contribution is 2.37. The average Bonchev–Trinajstić information content (AvgIpc) is 3.83. The Morgan fingerprint density at radius 2 is 1.84 bits per heavy atom. The molecule has 2 N–H and O–H groups in total. The van der Waals surface area contributed by atoms with Crippen molar-refractivity contribution in [3.05, 3.63) is 65.0 Å². The van der Waals surface area contributed by atoms with Gasteiger partial charge in [0.2, 0.25) is 15.5 Å². The molecule has 1 aliphatic carbocycles. The summed E-state index contributed by atoms with van der Waals surface area (Å²) in [5.74, 6) is 0.396. The third kappa shape index (κ3) is 6.18. The summed E-state index contributed by atoms with van der Waals surface area (Å²) < 4.78 is 67.3. The van der Waals surface area contributed by atoms with Crippen molar-refractivity contribution in [3.63, 3.8) is 0 Å². The fraction of sp³-hybridized carbons (Fsp3) is 0.516. The minimum Gasteiger partial charge on any atom is -0.491 e. The van der Waals surface area contributed by atoms with Gasteiger partial charge in [-0.05, 0) is 69.4 Å². The van der Waals surface area contributed by atoms with Crippen molar-refractivity contribution in [3.8, 4) is 5.75 Å². The van der Waals surface area contributed by atoms with E-state index in [0.29, 0.717) is 61.9 Å². The summed E-state index contributed by atoms with van der Waals surface area (Å²) in [6.45, 7) is 3.64. The second-order valence-electron chi connectivity index (χ2n) is 12.0. The number of aryl methyl sites for hydroxylation is 1. The minimum absolute atomic E-state index is 0.0000249. The molecule has 1 unspecified atom stereocenters. The predicted molar refractivity (Wildman–Crippen MR) is 165 cm³/mol. The molecule has 0 amide bonds. The molecule has 44 heavy (non-hydrogen) atoms. The first-order valence-corrected chi connectivity index (χ1v) is 18.2. The van der Waals surface area contributed by atoms with Crippen molar-refractivity contribution < 1.29 is 31.4 Å². The van der Waals surface area contributed by atoms with E-state index in [2.05, 4.69) is 5.32 Å². The second-order valence-corrected chi connectivity index (χ2v) is 16.2. The number of aromatic nitrogens is 1. The maximum Gasteiger partial charge on any atom is 0.248 e. The molecular formula is C31H39N3O8S2. The molecule has 2 saturated heterocycles. The van der Waals surface area contributed by atoms with Gasteiger partial charge in [0.15, 0.2) is 9.84 Å². The van der Waals surface area contributed by atoms with Crippen molar-refractivity contribution in [1.29, 1.82) is 0 Å². The topological polar surface area (TPSA) is 144 Å². The molecule has 0 radical (unpaired) electrons. The Hall–Kier alpha value is -2.81. The van der Waals surface area contributed by atoms with Crippen LogP contribution in [0.4, 0.5) is 0 Å². The molecule has 3 heterocycles. The van der Waals surface area contributed by atoms with Crippen molar-refractivity contribution in [2.75, 3.05) is 32.8 Å². The van der Waals surface area contributed by atoms with E-state index in [1.54, 1.807) is 34.9 Å². The lowest BCUT2D eigenvalue weighted by Crippen LogP contribution is -2.47. The Morgan fingerprint density at radius 3 is 2.57 bits per heavy atom. The van der Waals surface area contributed by atoms with Crippen LogP contribution in [0.25, 0.3) is 10.9 Å². The first-order valence-electron chi connectivity index (χ1n) is 15.2. The second kappa shape index (κ2) is 12.2. The Kier molecular flexibility index (Phi) is 8.63. The van der Waals surface area contributed by atoms with E-state index >= 15 is 0 Å². The smallest absolute Gasteiger partial charge is 0.248 e. The van der Waals surface area contributed by atoms with Gasteiger partial charge in [-0.15, -0.1) is 0 Å². The van der Waals surface area contributed by atoms with E-state index in [0.717, 1.165) is 0 Å². The van der Waals surface area contributed by atoms with Crippen LogP contribution in [0, 0.1) is 0 Å². The number of rotatable bonds is 11. The number of ether oxygens (including phenoxy) is 2. The van der Waals surface area contributed by atoms with Gasteiger partial charge in [-0.2, -0.15) is 4.31 Å². The molecule has 1 spiro atoms. The van der Waals surface area contributed by atoms with Crippen LogP contribution in [-0.2, 0) is 31.1 Å². The number of benzene rings is 2. The van der Waals surface area contributed by atoms with Gasteiger partial charge in [-0.1, -0.05) is 18.2 Å². The first-order chi connectivity index (χ1) is 21.0. The molecule has 1 saturated carbocycles. The monoisotopic (exact) mass is 645 g/mol. The lowest BCUT2D eigenvalue weighted by Gasteiger charge is -2.38. The van der Waals surface area contributed by atoms with Crippen LogP contribution in [0.15, 0.2) is 69.3 Å². The molecule has 3 fully saturated rings. The highest BCUT2D eigenvalue weighted by molar-refractivity contribution is 7.92. The molecular weight excluding hydrogens is 606 g/mol. The molecule has 3 aliphatic rings. The van der Waals surface area contributed by atoms with Gasteiger partial charge in [0, 0.05) is 43.8 Å². The van der Waals surface area contributed by atoms with E-state index in [4.69, 9.17) is 9.47 Å². The van der Waals surface area contributed by atoms with Gasteiger partial charge in [-0.25, -0.2) is 16.8 Å². The number of pyridine rings is 1. The van der Waals surface area contributed by atoms with Gasteiger partial charge in [-0.3, -0.25) is 4.79 Å². The summed E-state index contributed by atoms with van der Waals surface area (Å²) in [5.41, 5.74) is -0.240.